The second-order valence-electron chi connectivity index (χ2n) is 5.48. The van der Waals surface area contributed by atoms with Crippen LogP contribution in [0.3, 0.4) is 0 Å². The van der Waals surface area contributed by atoms with Crippen molar-refractivity contribution in [3.8, 4) is 0 Å². The first kappa shape index (κ1) is 15.4. The Morgan fingerprint density at radius 3 is 2.63 bits per heavy atom. The van der Waals surface area contributed by atoms with E-state index in [1.165, 1.54) is 0 Å². The molecular formula is C14H24N4O. The van der Waals surface area contributed by atoms with Gasteiger partial charge < -0.3 is 10.6 Å². The number of amides is 1. The molecule has 0 radical (unpaired) electrons. The number of carbonyl (C=O) groups excluding carboxylic acids is 1. The van der Waals surface area contributed by atoms with Crippen molar-refractivity contribution in [3.63, 3.8) is 0 Å². The zero-order valence-electron chi connectivity index (χ0n) is 12.2. The molecule has 19 heavy (non-hydrogen) atoms. The molecule has 1 amide bonds. The van der Waals surface area contributed by atoms with E-state index in [-0.39, 0.29) is 5.91 Å². The predicted molar refractivity (Wildman–Crippen MR) is 77.1 cm³/mol. The number of hydrogen-bond acceptors (Lipinski definition) is 4. The van der Waals surface area contributed by atoms with Crippen LogP contribution in [0.5, 0.6) is 0 Å². The van der Waals surface area contributed by atoms with Gasteiger partial charge in [-0.1, -0.05) is 27.7 Å². The van der Waals surface area contributed by atoms with E-state index in [4.69, 9.17) is 0 Å². The van der Waals surface area contributed by atoms with Gasteiger partial charge in [-0.05, 0) is 24.3 Å². The maximum Gasteiger partial charge on any atom is 0.270 e. The minimum Gasteiger partial charge on any atom is -0.354 e. The van der Waals surface area contributed by atoms with Crippen molar-refractivity contribution in [2.75, 3.05) is 18.4 Å². The van der Waals surface area contributed by atoms with Gasteiger partial charge in [-0.25, -0.2) is 9.97 Å². The van der Waals surface area contributed by atoms with Crippen LogP contribution >= 0.6 is 0 Å². The molecule has 5 nitrogen and oxygen atoms in total. The summed E-state index contributed by atoms with van der Waals surface area (Å²) in [6, 6.07) is 1.63. The summed E-state index contributed by atoms with van der Waals surface area (Å²) < 4.78 is 0. The second-order valence-corrected chi connectivity index (χ2v) is 5.48. The molecule has 1 aromatic heterocycles. The highest BCUT2D eigenvalue weighted by Crippen LogP contribution is 2.03. The summed E-state index contributed by atoms with van der Waals surface area (Å²) in [5.74, 6) is 1.45. The Labute approximate surface area is 115 Å². The van der Waals surface area contributed by atoms with E-state index >= 15 is 0 Å². The summed E-state index contributed by atoms with van der Waals surface area (Å²) in [5, 5.41) is 5.98. The van der Waals surface area contributed by atoms with Crippen molar-refractivity contribution in [1.29, 1.82) is 0 Å². The lowest BCUT2D eigenvalue weighted by Gasteiger charge is -2.09. The maximum atomic E-state index is 11.9. The van der Waals surface area contributed by atoms with Crippen LogP contribution in [0.25, 0.3) is 0 Å². The maximum absolute atomic E-state index is 11.9. The summed E-state index contributed by atoms with van der Waals surface area (Å²) in [7, 11) is 0. The van der Waals surface area contributed by atoms with Crippen LogP contribution in [0.1, 0.15) is 44.6 Å². The van der Waals surface area contributed by atoms with Crippen LogP contribution in [0.15, 0.2) is 12.3 Å². The minimum atomic E-state index is -0.143. The zero-order valence-corrected chi connectivity index (χ0v) is 12.2. The van der Waals surface area contributed by atoms with E-state index in [2.05, 4.69) is 48.3 Å². The number of anilines is 1. The van der Waals surface area contributed by atoms with Gasteiger partial charge in [-0.3, -0.25) is 4.79 Å². The molecule has 0 saturated carbocycles. The van der Waals surface area contributed by atoms with Gasteiger partial charge >= 0.3 is 0 Å². The number of nitrogens with zero attached hydrogens (tertiary/aromatic N) is 2. The van der Waals surface area contributed by atoms with E-state index in [1.807, 2.05) is 0 Å². The highest BCUT2D eigenvalue weighted by molar-refractivity contribution is 5.92. The van der Waals surface area contributed by atoms with Crippen molar-refractivity contribution in [2.45, 2.75) is 34.1 Å². The molecule has 5 heteroatoms. The fraction of sp³-hybridized carbons (Fsp3) is 0.643. The average Bonchev–Trinajstić information content (AvgIpc) is 2.36. The van der Waals surface area contributed by atoms with Crippen LogP contribution in [0, 0.1) is 11.8 Å². The van der Waals surface area contributed by atoms with Gasteiger partial charge in [0.1, 0.15) is 5.69 Å². The van der Waals surface area contributed by atoms with Crippen LogP contribution in [-0.2, 0) is 0 Å². The van der Waals surface area contributed by atoms with Gasteiger partial charge in [0, 0.05) is 19.3 Å². The molecule has 0 aliphatic rings. The molecule has 0 unspecified atom stereocenters. The van der Waals surface area contributed by atoms with Crippen molar-refractivity contribution >= 4 is 11.9 Å². The molecule has 1 heterocycles. The van der Waals surface area contributed by atoms with Gasteiger partial charge in [0.2, 0.25) is 5.95 Å². The van der Waals surface area contributed by atoms with Gasteiger partial charge in [-0.2, -0.15) is 0 Å². The first-order valence-corrected chi connectivity index (χ1v) is 6.84. The molecular weight excluding hydrogens is 240 g/mol. The molecule has 1 rings (SSSR count). The van der Waals surface area contributed by atoms with E-state index in [9.17, 15) is 4.79 Å². The Balaban J connectivity index is 2.52. The number of hydrogen-bond donors (Lipinski definition) is 2. The van der Waals surface area contributed by atoms with Crippen molar-refractivity contribution < 1.29 is 4.79 Å². The Hall–Kier alpha value is -1.65. The first-order valence-electron chi connectivity index (χ1n) is 6.84. The number of carbonyl (C=O) groups is 1. The number of nitrogens with one attached hydrogen (secondary N) is 2. The molecule has 0 atom stereocenters. The quantitative estimate of drug-likeness (QED) is 0.793. The lowest BCUT2D eigenvalue weighted by molar-refractivity contribution is 0.0947. The lowest BCUT2D eigenvalue weighted by Crippen LogP contribution is -2.26. The Morgan fingerprint density at radius 2 is 2.00 bits per heavy atom. The zero-order chi connectivity index (χ0) is 14.3. The topological polar surface area (TPSA) is 66.9 Å². The molecule has 0 spiro atoms. The average molecular weight is 264 g/mol. The third-order valence-corrected chi connectivity index (χ3v) is 2.56. The largest absolute Gasteiger partial charge is 0.354 e. The SMILES string of the molecule is CC(C)CCNC(=O)c1ccnc(NCC(C)C)n1. The summed E-state index contributed by atoms with van der Waals surface area (Å²) in [6.45, 7) is 9.94. The third-order valence-electron chi connectivity index (χ3n) is 2.56. The Kier molecular flexibility index (Phi) is 6.25. The highest BCUT2D eigenvalue weighted by Gasteiger charge is 2.08. The summed E-state index contributed by atoms with van der Waals surface area (Å²) in [5.41, 5.74) is 0.407. The Morgan fingerprint density at radius 1 is 1.26 bits per heavy atom. The van der Waals surface area contributed by atoms with Gasteiger partial charge in [0.15, 0.2) is 0 Å². The van der Waals surface area contributed by atoms with Crippen molar-refractivity contribution in [3.05, 3.63) is 18.0 Å². The van der Waals surface area contributed by atoms with Gasteiger partial charge in [0.05, 0.1) is 0 Å². The second kappa shape index (κ2) is 7.71. The molecule has 0 aliphatic carbocycles. The predicted octanol–water partition coefficient (Wildman–Crippen LogP) is 2.32. The van der Waals surface area contributed by atoms with Crippen LogP contribution in [-0.4, -0.2) is 29.0 Å². The van der Waals surface area contributed by atoms with Crippen LogP contribution in [0.4, 0.5) is 5.95 Å². The smallest absolute Gasteiger partial charge is 0.270 e. The fourth-order valence-electron chi connectivity index (χ4n) is 1.43. The fourth-order valence-corrected chi connectivity index (χ4v) is 1.43. The molecule has 0 saturated heterocycles. The Bertz CT molecular complexity index is 404. The number of rotatable bonds is 7. The lowest BCUT2D eigenvalue weighted by atomic mass is 10.1. The minimum absolute atomic E-state index is 0.143. The summed E-state index contributed by atoms with van der Waals surface area (Å²) in [6.07, 6.45) is 2.57. The standard InChI is InChI=1S/C14H24N4O/c1-10(2)5-7-15-13(19)12-6-8-16-14(18-12)17-9-11(3)4/h6,8,10-11H,5,7,9H2,1-4H3,(H,15,19)(H,16,17,18). The molecule has 0 bridgehead atoms. The molecule has 0 fully saturated rings. The van der Waals surface area contributed by atoms with Gasteiger partial charge in [0.25, 0.3) is 5.91 Å². The van der Waals surface area contributed by atoms with E-state index in [1.54, 1.807) is 12.3 Å². The molecule has 1 aromatic rings. The summed E-state index contributed by atoms with van der Waals surface area (Å²) in [4.78, 5) is 20.2. The van der Waals surface area contributed by atoms with E-state index < -0.39 is 0 Å². The van der Waals surface area contributed by atoms with E-state index in [0.717, 1.165) is 13.0 Å². The molecule has 106 valence electrons. The highest BCUT2D eigenvalue weighted by atomic mass is 16.1. The molecule has 2 N–H and O–H groups in total. The van der Waals surface area contributed by atoms with Crippen molar-refractivity contribution in [1.82, 2.24) is 15.3 Å². The molecule has 0 aliphatic heterocycles. The van der Waals surface area contributed by atoms with Gasteiger partial charge in [-0.15, -0.1) is 0 Å². The summed E-state index contributed by atoms with van der Waals surface area (Å²) >= 11 is 0. The van der Waals surface area contributed by atoms with Crippen molar-refractivity contribution in [2.24, 2.45) is 11.8 Å². The number of aromatic nitrogens is 2. The molecule has 0 aromatic carbocycles. The monoisotopic (exact) mass is 264 g/mol. The first-order chi connectivity index (χ1) is 8.99. The van der Waals surface area contributed by atoms with E-state index in [0.29, 0.717) is 30.0 Å². The van der Waals surface area contributed by atoms with Crippen LogP contribution < -0.4 is 10.6 Å². The third kappa shape index (κ3) is 6.18. The normalized spacial score (nSPS) is 10.8. The van der Waals surface area contributed by atoms with Crippen LogP contribution in [0.2, 0.25) is 0 Å².